The highest BCUT2D eigenvalue weighted by Gasteiger charge is 2.51. The van der Waals surface area contributed by atoms with Crippen molar-refractivity contribution < 1.29 is 14.3 Å². The second kappa shape index (κ2) is 3.50. The van der Waals surface area contributed by atoms with Gasteiger partial charge in [0.05, 0.1) is 5.92 Å². The molecule has 1 N–H and O–H groups in total. The molecule has 2 nitrogen and oxygen atoms in total. The van der Waals surface area contributed by atoms with Gasteiger partial charge in [0.15, 0.2) is 0 Å². The van der Waals surface area contributed by atoms with Crippen molar-refractivity contribution in [3.63, 3.8) is 0 Å². The molecular weight excluding hydrogens is 219 g/mol. The Kier molecular flexibility index (Phi) is 2.20. The summed E-state index contributed by atoms with van der Waals surface area (Å²) in [4.78, 5) is 11.6. The number of benzene rings is 1. The van der Waals surface area contributed by atoms with Crippen molar-refractivity contribution in [3.05, 3.63) is 41.7 Å². The number of carbonyl (C=O) groups excluding carboxylic acids is 1. The van der Waals surface area contributed by atoms with Crippen LogP contribution in [0.25, 0.3) is 5.57 Å². The van der Waals surface area contributed by atoms with Crippen molar-refractivity contribution in [3.8, 4) is 0 Å². The van der Waals surface area contributed by atoms with Crippen molar-refractivity contribution >= 4 is 11.4 Å². The second-order valence-corrected chi connectivity index (χ2v) is 4.81. The van der Waals surface area contributed by atoms with E-state index in [1.165, 1.54) is 12.1 Å². The summed E-state index contributed by atoms with van der Waals surface area (Å²) in [7, 11) is 0. The molecule has 0 heterocycles. The molecule has 0 saturated heterocycles. The minimum Gasteiger partial charge on any atom is -0.384 e. The Hall–Kier alpha value is -1.48. The zero-order chi connectivity index (χ0) is 12.0. The molecule has 17 heavy (non-hydrogen) atoms. The molecule has 0 spiro atoms. The lowest BCUT2D eigenvalue weighted by molar-refractivity contribution is -0.122. The highest BCUT2D eigenvalue weighted by molar-refractivity contribution is 5.93. The number of rotatable bonds is 1. The molecule has 88 valence electrons. The molecule has 3 rings (SSSR count). The number of fused-ring (bicyclic) bond motifs is 1. The van der Waals surface area contributed by atoms with Gasteiger partial charge in [0.1, 0.15) is 17.2 Å². The fourth-order valence-corrected chi connectivity index (χ4v) is 3.01. The third-order valence-corrected chi connectivity index (χ3v) is 3.88. The average Bonchev–Trinajstić information content (AvgIpc) is 2.77. The molecule has 0 unspecified atom stereocenters. The van der Waals surface area contributed by atoms with Crippen molar-refractivity contribution in [1.29, 1.82) is 0 Å². The highest BCUT2D eigenvalue weighted by Crippen LogP contribution is 2.49. The van der Waals surface area contributed by atoms with E-state index in [1.807, 2.05) is 6.08 Å². The molecule has 0 amide bonds. The number of carbonyl (C=O) groups is 1. The zero-order valence-electron chi connectivity index (χ0n) is 9.32. The van der Waals surface area contributed by atoms with E-state index in [1.54, 1.807) is 12.1 Å². The van der Waals surface area contributed by atoms with Crippen LogP contribution in [0, 0.1) is 11.7 Å². The van der Waals surface area contributed by atoms with Gasteiger partial charge in [0, 0.05) is 6.42 Å². The molecule has 1 fully saturated rings. The van der Waals surface area contributed by atoms with Crippen LogP contribution >= 0.6 is 0 Å². The van der Waals surface area contributed by atoms with E-state index in [4.69, 9.17) is 0 Å². The Morgan fingerprint density at radius 2 is 2.24 bits per heavy atom. The smallest absolute Gasteiger partial charge is 0.139 e. The van der Waals surface area contributed by atoms with E-state index in [2.05, 4.69) is 0 Å². The molecule has 2 aliphatic carbocycles. The van der Waals surface area contributed by atoms with Crippen molar-refractivity contribution in [2.24, 2.45) is 5.92 Å². The molecule has 2 aliphatic rings. The minimum absolute atomic E-state index is 0.121. The fourth-order valence-electron chi connectivity index (χ4n) is 3.01. The first-order chi connectivity index (χ1) is 8.11. The summed E-state index contributed by atoms with van der Waals surface area (Å²) in [6.07, 6.45) is 3.32. The van der Waals surface area contributed by atoms with Crippen molar-refractivity contribution in [1.82, 2.24) is 0 Å². The van der Waals surface area contributed by atoms with Crippen LogP contribution in [-0.4, -0.2) is 16.5 Å². The molecule has 0 radical (unpaired) electrons. The van der Waals surface area contributed by atoms with Gasteiger partial charge in [-0.1, -0.05) is 18.2 Å². The molecule has 1 aromatic carbocycles. The maximum absolute atomic E-state index is 13.2. The average molecular weight is 232 g/mol. The third kappa shape index (κ3) is 1.46. The molecular formula is C14H13FO2. The fraction of sp³-hybridized carbons (Fsp3) is 0.357. The lowest BCUT2D eigenvalue weighted by Gasteiger charge is -2.26. The number of aliphatic hydroxyl groups is 1. The second-order valence-electron chi connectivity index (χ2n) is 4.81. The van der Waals surface area contributed by atoms with Gasteiger partial charge in [-0.2, -0.15) is 0 Å². The van der Waals surface area contributed by atoms with Crippen LogP contribution < -0.4 is 0 Å². The van der Waals surface area contributed by atoms with Gasteiger partial charge in [-0.25, -0.2) is 4.39 Å². The van der Waals surface area contributed by atoms with Crippen molar-refractivity contribution in [2.45, 2.75) is 24.9 Å². The van der Waals surface area contributed by atoms with Crippen LogP contribution in [0.3, 0.4) is 0 Å². The summed E-state index contributed by atoms with van der Waals surface area (Å²) < 4.78 is 13.2. The summed E-state index contributed by atoms with van der Waals surface area (Å²) in [5.41, 5.74) is 0.336. The van der Waals surface area contributed by atoms with Gasteiger partial charge >= 0.3 is 0 Å². The minimum atomic E-state index is -1.06. The Morgan fingerprint density at radius 3 is 3.00 bits per heavy atom. The summed E-state index contributed by atoms with van der Waals surface area (Å²) in [6.45, 7) is 0. The molecule has 2 atom stereocenters. The van der Waals surface area contributed by atoms with E-state index in [-0.39, 0.29) is 17.5 Å². The van der Waals surface area contributed by atoms with Gasteiger partial charge in [-0.05, 0) is 36.1 Å². The maximum Gasteiger partial charge on any atom is 0.139 e. The first-order valence-electron chi connectivity index (χ1n) is 5.83. The molecule has 1 saturated carbocycles. The SMILES string of the molecule is O=C1CC[C@@]2(O)C(c3cccc(F)c3)=CC[C@H]12. The molecule has 1 aromatic rings. The number of Topliss-reactive ketones (excluding diaryl/α,β-unsaturated/α-hetero) is 1. The van der Waals surface area contributed by atoms with Gasteiger partial charge in [0.2, 0.25) is 0 Å². The van der Waals surface area contributed by atoms with Crippen LogP contribution in [0.15, 0.2) is 30.3 Å². The number of halogens is 1. The Bertz CT molecular complexity index is 521. The normalized spacial score (nSPS) is 31.5. The van der Waals surface area contributed by atoms with E-state index < -0.39 is 5.60 Å². The number of hydrogen-bond donors (Lipinski definition) is 1. The Balaban J connectivity index is 2.03. The molecule has 0 aliphatic heterocycles. The molecule has 0 aromatic heterocycles. The largest absolute Gasteiger partial charge is 0.384 e. The van der Waals surface area contributed by atoms with E-state index in [0.717, 1.165) is 0 Å². The zero-order valence-corrected chi connectivity index (χ0v) is 9.32. The van der Waals surface area contributed by atoms with Crippen LogP contribution in [0.4, 0.5) is 4.39 Å². The number of allylic oxidation sites excluding steroid dienone is 1. The number of ketones is 1. The molecule has 3 heteroatoms. The van der Waals surface area contributed by atoms with Gasteiger partial charge in [0.25, 0.3) is 0 Å². The summed E-state index contributed by atoms with van der Waals surface area (Å²) >= 11 is 0. The Labute approximate surface area is 98.8 Å². The van der Waals surface area contributed by atoms with Crippen molar-refractivity contribution in [2.75, 3.05) is 0 Å². The highest BCUT2D eigenvalue weighted by atomic mass is 19.1. The predicted molar refractivity (Wildman–Crippen MR) is 61.7 cm³/mol. The maximum atomic E-state index is 13.2. The summed E-state index contributed by atoms with van der Waals surface area (Å²) in [5, 5.41) is 10.6. The lowest BCUT2D eigenvalue weighted by Crippen LogP contribution is -2.32. The predicted octanol–water partition coefficient (Wildman–Crippen LogP) is 2.32. The van der Waals surface area contributed by atoms with Crippen LogP contribution in [0.1, 0.15) is 24.8 Å². The first kappa shape index (κ1) is 10.7. The standard InChI is InChI=1S/C14H13FO2/c15-10-3-1-2-9(8-10)11-4-5-12-13(16)6-7-14(11,12)17/h1-4,8,12,17H,5-7H2/t12-,14-/m1/s1. The van der Waals surface area contributed by atoms with E-state index in [9.17, 15) is 14.3 Å². The van der Waals surface area contributed by atoms with Gasteiger partial charge < -0.3 is 5.11 Å². The van der Waals surface area contributed by atoms with Crippen LogP contribution in [-0.2, 0) is 4.79 Å². The number of hydrogen-bond acceptors (Lipinski definition) is 2. The Morgan fingerprint density at radius 1 is 1.41 bits per heavy atom. The lowest BCUT2D eigenvalue weighted by atomic mass is 9.85. The van der Waals surface area contributed by atoms with Gasteiger partial charge in [-0.15, -0.1) is 0 Å². The van der Waals surface area contributed by atoms with E-state index in [0.29, 0.717) is 30.4 Å². The summed E-state index contributed by atoms with van der Waals surface area (Å²) in [5.74, 6) is -0.518. The topological polar surface area (TPSA) is 37.3 Å². The van der Waals surface area contributed by atoms with E-state index >= 15 is 0 Å². The third-order valence-electron chi connectivity index (χ3n) is 3.88. The summed E-state index contributed by atoms with van der Waals surface area (Å²) in [6, 6.07) is 6.19. The monoisotopic (exact) mass is 232 g/mol. The first-order valence-corrected chi connectivity index (χ1v) is 5.83. The van der Waals surface area contributed by atoms with Crippen LogP contribution in [0.2, 0.25) is 0 Å². The van der Waals surface area contributed by atoms with Gasteiger partial charge in [-0.3, -0.25) is 4.79 Å². The quantitative estimate of drug-likeness (QED) is 0.806. The molecule has 0 bridgehead atoms. The van der Waals surface area contributed by atoms with Crippen LogP contribution in [0.5, 0.6) is 0 Å².